The van der Waals surface area contributed by atoms with E-state index < -0.39 is 0 Å². The van der Waals surface area contributed by atoms with Gasteiger partial charge in [0.15, 0.2) is 0 Å². The van der Waals surface area contributed by atoms with E-state index in [4.69, 9.17) is 0 Å². The van der Waals surface area contributed by atoms with Crippen LogP contribution in [0.4, 0.5) is 4.39 Å². The molecule has 3 aromatic carbocycles. The molecule has 0 saturated heterocycles. The number of halogens is 1. The summed E-state index contributed by atoms with van der Waals surface area (Å²) in [6.07, 6.45) is 21.1. The predicted molar refractivity (Wildman–Crippen MR) is 175 cm³/mol. The first-order chi connectivity index (χ1) is 20.1. The highest BCUT2D eigenvalue weighted by atomic mass is 19.1. The lowest BCUT2D eigenvalue weighted by Gasteiger charge is -2.30. The van der Waals surface area contributed by atoms with Crippen LogP contribution in [0.1, 0.15) is 131 Å². The van der Waals surface area contributed by atoms with Crippen LogP contribution in [0.3, 0.4) is 0 Å². The lowest BCUT2D eigenvalue weighted by molar-refractivity contribution is 0.252. The topological polar surface area (TPSA) is 0 Å². The second-order valence-electron chi connectivity index (χ2n) is 13.3. The summed E-state index contributed by atoms with van der Waals surface area (Å²) in [5.74, 6) is 3.69. The molecular weight excluding hydrogens is 499 g/mol. The smallest absolute Gasteiger partial charge is 0.130 e. The highest BCUT2D eigenvalue weighted by Gasteiger charge is 2.25. The van der Waals surface area contributed by atoms with Crippen LogP contribution in [0.25, 0.3) is 12.2 Å². The minimum Gasteiger partial charge on any atom is -0.206 e. The first-order valence-electron chi connectivity index (χ1n) is 16.7. The van der Waals surface area contributed by atoms with Crippen LogP contribution in [0.5, 0.6) is 0 Å². The van der Waals surface area contributed by atoms with Gasteiger partial charge in [-0.1, -0.05) is 131 Å². The van der Waals surface area contributed by atoms with Crippen molar-refractivity contribution in [1.29, 1.82) is 0 Å². The Labute approximate surface area is 249 Å². The van der Waals surface area contributed by atoms with Gasteiger partial charge in [-0.15, -0.1) is 0 Å². The lowest BCUT2D eigenvalue weighted by Crippen LogP contribution is -2.15. The Morgan fingerprint density at radius 1 is 0.732 bits per heavy atom. The Bertz CT molecular complexity index is 1210. The second-order valence-corrected chi connectivity index (χ2v) is 13.3. The van der Waals surface area contributed by atoms with Crippen molar-refractivity contribution in [2.75, 3.05) is 0 Å². The van der Waals surface area contributed by atoms with Crippen molar-refractivity contribution in [3.8, 4) is 0 Å². The van der Waals surface area contributed by atoms with Crippen molar-refractivity contribution in [2.24, 2.45) is 17.8 Å². The van der Waals surface area contributed by atoms with Crippen molar-refractivity contribution < 1.29 is 4.39 Å². The minimum atomic E-state index is -0.0937. The Kier molecular flexibility index (Phi) is 10.9. The molecule has 2 fully saturated rings. The van der Waals surface area contributed by atoms with Gasteiger partial charge >= 0.3 is 0 Å². The van der Waals surface area contributed by atoms with Crippen molar-refractivity contribution in [3.63, 3.8) is 0 Å². The number of hydrogen-bond donors (Lipinski definition) is 0. The van der Waals surface area contributed by atoms with Crippen LogP contribution in [0, 0.1) is 23.6 Å². The molecule has 2 saturated carbocycles. The van der Waals surface area contributed by atoms with Gasteiger partial charge < -0.3 is 0 Å². The van der Waals surface area contributed by atoms with E-state index >= 15 is 4.39 Å². The molecule has 0 aromatic heterocycles. The number of rotatable bonds is 11. The van der Waals surface area contributed by atoms with E-state index in [0.717, 1.165) is 23.3 Å². The number of aryl methyl sites for hydroxylation is 1. The van der Waals surface area contributed by atoms with Gasteiger partial charge in [0.25, 0.3) is 0 Å². The average molecular weight is 551 g/mol. The highest BCUT2D eigenvalue weighted by Crippen LogP contribution is 2.40. The third-order valence-electron chi connectivity index (χ3n) is 10.3. The van der Waals surface area contributed by atoms with Crippen LogP contribution in [-0.2, 0) is 6.42 Å². The third-order valence-corrected chi connectivity index (χ3v) is 10.3. The Hall–Kier alpha value is -2.67. The average Bonchev–Trinajstić information content (AvgIpc) is 3.01. The van der Waals surface area contributed by atoms with E-state index in [-0.39, 0.29) is 5.82 Å². The van der Waals surface area contributed by atoms with Gasteiger partial charge in [-0.25, -0.2) is 4.39 Å². The predicted octanol–water partition coefficient (Wildman–Crippen LogP) is 12.0. The first kappa shape index (κ1) is 29.8. The van der Waals surface area contributed by atoms with Gasteiger partial charge in [0.05, 0.1) is 0 Å². The number of benzene rings is 3. The van der Waals surface area contributed by atoms with E-state index in [0.29, 0.717) is 17.4 Å². The van der Waals surface area contributed by atoms with Crippen molar-refractivity contribution >= 4 is 12.2 Å². The van der Waals surface area contributed by atoms with E-state index in [2.05, 4.69) is 80.6 Å². The largest absolute Gasteiger partial charge is 0.206 e. The molecule has 0 aliphatic heterocycles. The van der Waals surface area contributed by atoms with E-state index in [1.54, 1.807) is 6.07 Å². The van der Waals surface area contributed by atoms with E-state index in [1.807, 2.05) is 12.1 Å². The Morgan fingerprint density at radius 3 is 2.05 bits per heavy atom. The van der Waals surface area contributed by atoms with Gasteiger partial charge in [-0.05, 0) is 103 Å². The van der Waals surface area contributed by atoms with Crippen molar-refractivity contribution in [1.82, 2.24) is 0 Å². The summed E-state index contributed by atoms with van der Waals surface area (Å²) in [5, 5.41) is 0. The molecule has 2 aliphatic rings. The van der Waals surface area contributed by atoms with Gasteiger partial charge in [-0.2, -0.15) is 0 Å². The molecule has 0 amide bonds. The van der Waals surface area contributed by atoms with Gasteiger partial charge in [0.2, 0.25) is 0 Å². The summed E-state index contributed by atoms with van der Waals surface area (Å²) in [5.41, 5.74) is 5.88. The summed E-state index contributed by atoms with van der Waals surface area (Å²) < 4.78 is 15.1. The molecule has 0 nitrogen and oxygen atoms in total. The maximum atomic E-state index is 15.1. The third kappa shape index (κ3) is 8.67. The van der Waals surface area contributed by atoms with Gasteiger partial charge in [-0.3, -0.25) is 0 Å². The van der Waals surface area contributed by atoms with Crippen LogP contribution in [0.15, 0.2) is 72.8 Å². The molecule has 0 heterocycles. The monoisotopic (exact) mass is 550 g/mol. The Morgan fingerprint density at radius 2 is 1.39 bits per heavy atom. The molecule has 5 rings (SSSR count). The molecule has 3 aromatic rings. The summed E-state index contributed by atoms with van der Waals surface area (Å²) in [4.78, 5) is 0. The fraction of sp³-hybridized carbons (Fsp3) is 0.500. The maximum Gasteiger partial charge on any atom is 0.130 e. The van der Waals surface area contributed by atoms with Crippen molar-refractivity contribution in [3.05, 3.63) is 106 Å². The zero-order valence-electron chi connectivity index (χ0n) is 25.5. The number of hydrogen-bond acceptors (Lipinski definition) is 0. The molecule has 0 bridgehead atoms. The zero-order chi connectivity index (χ0) is 28.4. The molecular formula is C40H51F. The highest BCUT2D eigenvalue weighted by molar-refractivity contribution is 5.70. The van der Waals surface area contributed by atoms with Crippen LogP contribution < -0.4 is 0 Å². The van der Waals surface area contributed by atoms with Crippen LogP contribution >= 0.6 is 0 Å². The van der Waals surface area contributed by atoms with E-state index in [1.165, 1.54) is 100 Å². The molecule has 1 heteroatoms. The van der Waals surface area contributed by atoms with Gasteiger partial charge in [0.1, 0.15) is 5.82 Å². The molecule has 0 N–H and O–H groups in total. The lowest BCUT2D eigenvalue weighted by atomic mass is 9.75. The fourth-order valence-corrected chi connectivity index (χ4v) is 7.65. The molecule has 0 radical (unpaired) electrons. The summed E-state index contributed by atoms with van der Waals surface area (Å²) >= 11 is 0. The summed E-state index contributed by atoms with van der Waals surface area (Å²) in [6, 6.07) is 25.7. The standard InChI is InChI=1S/C40H51F/c1-3-7-31-10-12-32(13-11-31)14-15-33-16-18-34(19-17-33)20-25-38-26-27-39(29-40(38)41)37-23-21-35(22-24-37)28-30(2)36-8-5-4-6-9-36/h4-6,8-9,16-20,25-27,29-32,35,37H,3,7,10-15,21-24,28H2,1-2H3. The fourth-order valence-electron chi connectivity index (χ4n) is 7.65. The zero-order valence-corrected chi connectivity index (χ0v) is 25.5. The summed E-state index contributed by atoms with van der Waals surface area (Å²) in [6.45, 7) is 4.68. The van der Waals surface area contributed by atoms with Crippen molar-refractivity contribution in [2.45, 2.75) is 109 Å². The van der Waals surface area contributed by atoms with E-state index in [9.17, 15) is 0 Å². The molecule has 0 spiro atoms. The minimum absolute atomic E-state index is 0.0937. The normalized spacial score (nSPS) is 24.0. The van der Waals surface area contributed by atoms with Crippen LogP contribution in [0.2, 0.25) is 0 Å². The molecule has 41 heavy (non-hydrogen) atoms. The molecule has 2 aliphatic carbocycles. The quantitative estimate of drug-likeness (QED) is 0.208. The molecule has 218 valence electrons. The van der Waals surface area contributed by atoms with Gasteiger partial charge in [0, 0.05) is 5.56 Å². The molecule has 1 atom stereocenters. The second kappa shape index (κ2) is 15.0. The van der Waals surface area contributed by atoms with Crippen LogP contribution in [-0.4, -0.2) is 0 Å². The summed E-state index contributed by atoms with van der Waals surface area (Å²) in [7, 11) is 0. The molecule has 1 unspecified atom stereocenters. The Balaban J connectivity index is 1.07. The first-order valence-corrected chi connectivity index (χ1v) is 16.7. The SMILES string of the molecule is CCCC1CCC(CCc2ccc(C=Cc3ccc(C4CCC(CC(C)c5ccccc5)CC4)cc3F)cc2)CC1. The maximum absolute atomic E-state index is 15.1.